The summed E-state index contributed by atoms with van der Waals surface area (Å²) < 4.78 is 5.45. The summed E-state index contributed by atoms with van der Waals surface area (Å²) >= 11 is 5.92. The summed E-state index contributed by atoms with van der Waals surface area (Å²) in [4.78, 5) is 0. The molecule has 2 heteroatoms. The van der Waals surface area contributed by atoms with E-state index in [9.17, 15) is 0 Å². The highest BCUT2D eigenvalue weighted by molar-refractivity contribution is 6.20. The van der Waals surface area contributed by atoms with E-state index >= 15 is 0 Å². The van der Waals surface area contributed by atoms with Crippen molar-refractivity contribution >= 4 is 11.6 Å². The van der Waals surface area contributed by atoms with Gasteiger partial charge in [-0.2, -0.15) is 0 Å². The fourth-order valence-corrected chi connectivity index (χ4v) is 1.87. The Hall–Kier alpha value is -0.690. The van der Waals surface area contributed by atoms with Crippen molar-refractivity contribution in [2.24, 2.45) is 0 Å². The maximum absolute atomic E-state index is 5.92. The second-order valence-corrected chi connectivity index (χ2v) is 4.61. The van der Waals surface area contributed by atoms with E-state index in [2.05, 4.69) is 18.2 Å². The number of rotatable bonds is 3. The van der Waals surface area contributed by atoms with Gasteiger partial charge in [-0.25, -0.2) is 0 Å². The van der Waals surface area contributed by atoms with Crippen LogP contribution >= 0.6 is 11.6 Å². The molecule has 0 N–H and O–H groups in total. The summed E-state index contributed by atoms with van der Waals surface area (Å²) in [5.41, 5.74) is 2.73. The lowest BCUT2D eigenvalue weighted by atomic mass is 10.0. The van der Waals surface area contributed by atoms with Crippen LogP contribution in [0.1, 0.15) is 24.5 Å². The molecule has 0 aliphatic carbocycles. The van der Waals surface area contributed by atoms with Crippen LogP contribution in [-0.2, 0) is 12.8 Å². The molecule has 1 atom stereocenters. The lowest BCUT2D eigenvalue weighted by Crippen LogP contribution is -1.95. The van der Waals surface area contributed by atoms with E-state index < -0.39 is 0 Å². The second kappa shape index (κ2) is 4.22. The molecule has 1 aromatic rings. The van der Waals surface area contributed by atoms with Crippen LogP contribution in [0.15, 0.2) is 18.2 Å². The third kappa shape index (κ3) is 2.21. The highest BCUT2D eigenvalue weighted by Gasteiger charge is 2.11. The maximum Gasteiger partial charge on any atom is 0.122 e. The number of hydrogen-bond acceptors (Lipinski definition) is 1. The smallest absolute Gasteiger partial charge is 0.122 e. The fourth-order valence-electron chi connectivity index (χ4n) is 1.76. The van der Waals surface area contributed by atoms with Gasteiger partial charge in [0.25, 0.3) is 0 Å². The van der Waals surface area contributed by atoms with Crippen molar-refractivity contribution in [3.05, 3.63) is 29.3 Å². The van der Waals surface area contributed by atoms with Crippen LogP contribution in [0.4, 0.5) is 0 Å². The van der Waals surface area contributed by atoms with Crippen molar-refractivity contribution in [1.29, 1.82) is 0 Å². The van der Waals surface area contributed by atoms with Crippen LogP contribution in [0.5, 0.6) is 5.75 Å². The van der Waals surface area contributed by atoms with Gasteiger partial charge in [-0.3, -0.25) is 0 Å². The van der Waals surface area contributed by atoms with Crippen LogP contribution in [0, 0.1) is 0 Å². The quantitative estimate of drug-likeness (QED) is 0.697. The Kier molecular flexibility index (Phi) is 2.97. The monoisotopic (exact) mass is 210 g/mol. The largest absolute Gasteiger partial charge is 0.493 e. The first-order valence-corrected chi connectivity index (χ1v) is 5.58. The van der Waals surface area contributed by atoms with E-state index in [1.807, 2.05) is 6.92 Å². The van der Waals surface area contributed by atoms with Crippen molar-refractivity contribution in [2.45, 2.75) is 31.6 Å². The third-order valence-electron chi connectivity index (χ3n) is 2.58. The lowest BCUT2D eigenvalue weighted by molar-refractivity contribution is 0.357. The van der Waals surface area contributed by atoms with Crippen LogP contribution < -0.4 is 4.74 Å². The molecule has 2 rings (SSSR count). The average Bonchev–Trinajstić information content (AvgIpc) is 2.61. The summed E-state index contributed by atoms with van der Waals surface area (Å²) in [7, 11) is 0. The van der Waals surface area contributed by atoms with E-state index in [0.29, 0.717) is 0 Å². The van der Waals surface area contributed by atoms with E-state index in [0.717, 1.165) is 31.6 Å². The van der Waals surface area contributed by atoms with Gasteiger partial charge in [-0.15, -0.1) is 11.6 Å². The normalized spacial score (nSPS) is 16.1. The number of benzene rings is 1. The zero-order valence-electron chi connectivity index (χ0n) is 8.42. The molecular formula is C12H15ClO. The first-order valence-electron chi connectivity index (χ1n) is 5.14. The molecule has 1 aromatic carbocycles. The standard InChI is InChI=1S/C12H15ClO/c1-9(13)2-3-10-4-5-12-11(8-10)6-7-14-12/h4-5,8-9H,2-3,6-7H2,1H3. The van der Waals surface area contributed by atoms with Gasteiger partial charge in [0, 0.05) is 11.8 Å². The Balaban J connectivity index is 2.05. The minimum Gasteiger partial charge on any atom is -0.493 e. The number of fused-ring (bicyclic) bond motifs is 1. The lowest BCUT2D eigenvalue weighted by Gasteiger charge is -2.05. The van der Waals surface area contributed by atoms with Gasteiger partial charge in [0.2, 0.25) is 0 Å². The highest BCUT2D eigenvalue weighted by atomic mass is 35.5. The molecule has 76 valence electrons. The molecular weight excluding hydrogens is 196 g/mol. The summed E-state index contributed by atoms with van der Waals surface area (Å²) in [5, 5.41) is 0.263. The number of hydrogen-bond donors (Lipinski definition) is 0. The van der Waals surface area contributed by atoms with Gasteiger partial charge in [0.15, 0.2) is 0 Å². The second-order valence-electron chi connectivity index (χ2n) is 3.86. The van der Waals surface area contributed by atoms with Gasteiger partial charge in [-0.1, -0.05) is 12.1 Å². The molecule has 1 unspecified atom stereocenters. The molecule has 1 nitrogen and oxygen atoms in total. The van der Waals surface area contributed by atoms with Crippen LogP contribution in [-0.4, -0.2) is 12.0 Å². The Morgan fingerprint density at radius 3 is 3.14 bits per heavy atom. The molecule has 1 aliphatic rings. The highest BCUT2D eigenvalue weighted by Crippen LogP contribution is 2.26. The predicted molar refractivity (Wildman–Crippen MR) is 59.3 cm³/mol. The van der Waals surface area contributed by atoms with Gasteiger partial charge < -0.3 is 4.74 Å². The molecule has 0 aromatic heterocycles. The van der Waals surface area contributed by atoms with Crippen molar-refractivity contribution < 1.29 is 4.74 Å². The maximum atomic E-state index is 5.92. The first kappa shape index (κ1) is 9.85. The molecule has 0 radical (unpaired) electrons. The molecule has 14 heavy (non-hydrogen) atoms. The minimum absolute atomic E-state index is 0.263. The van der Waals surface area contributed by atoms with Crippen molar-refractivity contribution in [1.82, 2.24) is 0 Å². The molecule has 0 fully saturated rings. The Labute approximate surface area is 90.0 Å². The fraction of sp³-hybridized carbons (Fsp3) is 0.500. The number of halogens is 1. The van der Waals surface area contributed by atoms with E-state index in [4.69, 9.17) is 16.3 Å². The molecule has 0 amide bonds. The predicted octanol–water partition coefficient (Wildman–Crippen LogP) is 3.18. The van der Waals surface area contributed by atoms with E-state index in [1.54, 1.807) is 0 Å². The van der Waals surface area contributed by atoms with Gasteiger partial charge in [0.1, 0.15) is 5.75 Å². The molecule has 1 heterocycles. The van der Waals surface area contributed by atoms with Crippen LogP contribution in [0.2, 0.25) is 0 Å². The number of ether oxygens (including phenoxy) is 1. The SMILES string of the molecule is CC(Cl)CCc1ccc2c(c1)CCO2. The van der Waals surface area contributed by atoms with Gasteiger partial charge >= 0.3 is 0 Å². The minimum atomic E-state index is 0.263. The summed E-state index contributed by atoms with van der Waals surface area (Å²) in [6.07, 6.45) is 3.17. The Morgan fingerprint density at radius 2 is 2.36 bits per heavy atom. The average molecular weight is 211 g/mol. The van der Waals surface area contributed by atoms with E-state index in [1.165, 1.54) is 11.1 Å². The molecule has 0 spiro atoms. The molecule has 0 saturated carbocycles. The summed E-state index contributed by atoms with van der Waals surface area (Å²) in [5.74, 6) is 1.06. The van der Waals surface area contributed by atoms with Crippen LogP contribution in [0.3, 0.4) is 0 Å². The molecule has 0 bridgehead atoms. The number of alkyl halides is 1. The molecule has 0 saturated heterocycles. The number of aryl methyl sites for hydroxylation is 1. The van der Waals surface area contributed by atoms with Crippen molar-refractivity contribution in [3.8, 4) is 5.75 Å². The Bertz CT molecular complexity index is 320. The van der Waals surface area contributed by atoms with Crippen molar-refractivity contribution in [2.75, 3.05) is 6.61 Å². The Morgan fingerprint density at radius 1 is 1.50 bits per heavy atom. The summed E-state index contributed by atoms with van der Waals surface area (Å²) in [6, 6.07) is 6.47. The third-order valence-corrected chi connectivity index (χ3v) is 2.80. The van der Waals surface area contributed by atoms with Crippen LogP contribution in [0.25, 0.3) is 0 Å². The zero-order valence-corrected chi connectivity index (χ0v) is 9.18. The first-order chi connectivity index (χ1) is 6.75. The summed E-state index contributed by atoms with van der Waals surface area (Å²) in [6.45, 7) is 2.88. The zero-order chi connectivity index (χ0) is 9.97. The van der Waals surface area contributed by atoms with E-state index in [-0.39, 0.29) is 5.38 Å². The van der Waals surface area contributed by atoms with Gasteiger partial charge in [0.05, 0.1) is 6.61 Å². The van der Waals surface area contributed by atoms with Crippen molar-refractivity contribution in [3.63, 3.8) is 0 Å². The molecule has 1 aliphatic heterocycles. The van der Waals surface area contributed by atoms with Gasteiger partial charge in [-0.05, 0) is 37.0 Å². The topological polar surface area (TPSA) is 9.23 Å².